The fraction of sp³-hybridized carbons (Fsp3) is 0.487. The number of halogens is 1. The minimum Gasteiger partial charge on any atom is -0.486 e. The van der Waals surface area contributed by atoms with Crippen LogP contribution in [0, 0.1) is 12.8 Å². The Morgan fingerprint density at radius 3 is 2.33 bits per heavy atom. The van der Waals surface area contributed by atoms with Gasteiger partial charge in [0, 0.05) is 38.2 Å². The van der Waals surface area contributed by atoms with Crippen LogP contribution in [0.2, 0.25) is 5.02 Å². The van der Waals surface area contributed by atoms with Crippen LogP contribution in [0.4, 0.5) is 0 Å². The summed E-state index contributed by atoms with van der Waals surface area (Å²) in [6.07, 6.45) is 14.1. The maximum atomic E-state index is 10.4. The van der Waals surface area contributed by atoms with Crippen molar-refractivity contribution in [1.29, 1.82) is 0 Å². The quantitative estimate of drug-likeness (QED) is 0.137. The Balaban J connectivity index is 0.000000264. The number of piperazine rings is 1. The van der Waals surface area contributed by atoms with Crippen molar-refractivity contribution in [1.82, 2.24) is 15.5 Å². The third kappa shape index (κ3) is 14.0. The Labute approximate surface area is 283 Å². The molecule has 252 valence electrons. The van der Waals surface area contributed by atoms with Gasteiger partial charge in [0.2, 0.25) is 12.8 Å². The van der Waals surface area contributed by atoms with Gasteiger partial charge in [-0.15, -0.1) is 0 Å². The summed E-state index contributed by atoms with van der Waals surface area (Å²) >= 11 is 6.34. The molecule has 4 rings (SSSR count). The van der Waals surface area contributed by atoms with Crippen LogP contribution < -0.4 is 15.4 Å². The highest BCUT2D eigenvalue weighted by Gasteiger charge is 2.25. The fourth-order valence-corrected chi connectivity index (χ4v) is 5.24. The summed E-state index contributed by atoms with van der Waals surface area (Å²) in [5.41, 5.74) is 9.03. The van der Waals surface area contributed by atoms with E-state index in [0.29, 0.717) is 23.9 Å². The maximum absolute atomic E-state index is 10.4. The summed E-state index contributed by atoms with van der Waals surface area (Å²) < 4.78 is 5.80. The van der Waals surface area contributed by atoms with Gasteiger partial charge in [0.15, 0.2) is 0 Å². The molecule has 46 heavy (non-hydrogen) atoms. The Morgan fingerprint density at radius 1 is 1.07 bits per heavy atom. The van der Waals surface area contributed by atoms with Gasteiger partial charge in [-0.3, -0.25) is 9.59 Å². The molecule has 2 aliphatic rings. The van der Waals surface area contributed by atoms with Crippen LogP contribution >= 0.6 is 11.6 Å². The van der Waals surface area contributed by atoms with E-state index in [1.807, 2.05) is 6.07 Å². The van der Waals surface area contributed by atoms with Crippen molar-refractivity contribution < 1.29 is 14.3 Å². The van der Waals surface area contributed by atoms with Crippen LogP contribution in [0.15, 0.2) is 71.3 Å². The summed E-state index contributed by atoms with van der Waals surface area (Å²) in [6, 6.07) is 12.4. The second-order valence-corrected chi connectivity index (χ2v) is 12.8. The number of ether oxygens (including phenoxy) is 1. The van der Waals surface area contributed by atoms with Crippen LogP contribution in [0.5, 0.6) is 5.75 Å². The molecule has 1 fully saturated rings. The molecule has 0 saturated carbocycles. The number of nitrogens with zero attached hydrogens (tertiary/aromatic N) is 1. The number of aryl methyl sites for hydroxylation is 1. The van der Waals surface area contributed by atoms with E-state index in [1.165, 1.54) is 35.1 Å². The molecule has 1 saturated heterocycles. The second-order valence-electron chi connectivity index (χ2n) is 12.4. The first-order chi connectivity index (χ1) is 22.1. The highest BCUT2D eigenvalue weighted by Crippen LogP contribution is 2.39. The van der Waals surface area contributed by atoms with E-state index in [0.717, 1.165) is 74.3 Å². The van der Waals surface area contributed by atoms with Gasteiger partial charge in [0.25, 0.3) is 0 Å². The van der Waals surface area contributed by atoms with E-state index in [-0.39, 0.29) is 6.10 Å². The van der Waals surface area contributed by atoms with Gasteiger partial charge in [0.05, 0.1) is 11.6 Å². The predicted octanol–water partition coefficient (Wildman–Crippen LogP) is 8.47. The summed E-state index contributed by atoms with van der Waals surface area (Å²) in [5.74, 6) is 1.41. The highest BCUT2D eigenvalue weighted by atomic mass is 35.5. The van der Waals surface area contributed by atoms with E-state index in [1.54, 1.807) is 4.90 Å². The normalized spacial score (nSPS) is 16.4. The standard InChI is InChI=1S/C17H16ClNO2.C17H30.C5H10N2O/c1-11-2-4-12(5-3-11)13-6-14-7-15(9-19-10-20)21-17(14)16(18)8-13;1-7-10-17(13-15(5)8-2)12-9-11-16(6)14(3)4;8-5-7-3-1-6-2-4-7/h2-6,8,10,15H,7,9H2,1H3,(H,19,20);11-14H,7-10H2,1-6H3;5-6H,1-4H2/b;15-13+,16-11+,17-12-;. The lowest BCUT2D eigenvalue weighted by atomic mass is 10.00. The number of carbonyl (C=O) groups excluding carboxylic acids is 2. The van der Waals surface area contributed by atoms with E-state index in [2.05, 4.69) is 108 Å². The number of hydrogen-bond acceptors (Lipinski definition) is 4. The SMILES string of the molecule is CCCC(=C/C/C=C(\C)C(C)C)/C=C(\C)CC.Cc1ccc(-c2cc(Cl)c3c(c2)CC(CNC=O)O3)cc1.O=CN1CCNCC1. The largest absolute Gasteiger partial charge is 0.486 e. The number of amides is 2. The number of fused-ring (bicyclic) bond motifs is 1. The molecule has 2 aromatic carbocycles. The van der Waals surface area contributed by atoms with Gasteiger partial charge >= 0.3 is 0 Å². The average molecular weight is 650 g/mol. The Bertz CT molecular complexity index is 1310. The number of carbonyl (C=O) groups is 2. The zero-order valence-corrected chi connectivity index (χ0v) is 29.9. The monoisotopic (exact) mass is 649 g/mol. The van der Waals surface area contributed by atoms with E-state index in [4.69, 9.17) is 16.3 Å². The van der Waals surface area contributed by atoms with Crippen LogP contribution in [0.25, 0.3) is 11.1 Å². The molecule has 7 heteroatoms. The number of rotatable bonds is 12. The Kier molecular flexibility index (Phi) is 18.1. The van der Waals surface area contributed by atoms with Crippen molar-refractivity contribution in [2.75, 3.05) is 32.7 Å². The molecule has 0 spiro atoms. The van der Waals surface area contributed by atoms with E-state index in [9.17, 15) is 9.59 Å². The molecule has 2 N–H and O–H groups in total. The van der Waals surface area contributed by atoms with Crippen LogP contribution in [0.3, 0.4) is 0 Å². The molecule has 0 radical (unpaired) electrons. The maximum Gasteiger partial charge on any atom is 0.209 e. The third-order valence-corrected chi connectivity index (χ3v) is 8.51. The van der Waals surface area contributed by atoms with Crippen molar-refractivity contribution in [3.63, 3.8) is 0 Å². The second kappa shape index (κ2) is 21.4. The minimum atomic E-state index is -0.0454. The summed E-state index contributed by atoms with van der Waals surface area (Å²) in [5, 5.41) is 6.42. The smallest absolute Gasteiger partial charge is 0.209 e. The molecule has 1 atom stereocenters. The van der Waals surface area contributed by atoms with Crippen molar-refractivity contribution in [3.8, 4) is 16.9 Å². The first-order valence-corrected chi connectivity index (χ1v) is 17.2. The first kappa shape index (κ1) is 38.8. The van der Waals surface area contributed by atoms with Crippen molar-refractivity contribution in [2.45, 2.75) is 86.7 Å². The topological polar surface area (TPSA) is 70.7 Å². The lowest BCUT2D eigenvalue weighted by molar-refractivity contribution is -0.118. The van der Waals surface area contributed by atoms with Crippen molar-refractivity contribution in [2.24, 2.45) is 5.92 Å². The number of hydrogen-bond donors (Lipinski definition) is 2. The number of benzene rings is 2. The molecule has 0 bridgehead atoms. The zero-order valence-electron chi connectivity index (χ0n) is 29.1. The minimum absolute atomic E-state index is 0.0454. The summed E-state index contributed by atoms with van der Waals surface area (Å²) in [7, 11) is 0. The summed E-state index contributed by atoms with van der Waals surface area (Å²) in [4.78, 5) is 22.2. The zero-order chi connectivity index (χ0) is 33.9. The highest BCUT2D eigenvalue weighted by molar-refractivity contribution is 6.32. The Morgan fingerprint density at radius 2 is 1.76 bits per heavy atom. The molecule has 2 aliphatic heterocycles. The fourth-order valence-electron chi connectivity index (χ4n) is 4.95. The van der Waals surface area contributed by atoms with Gasteiger partial charge in [-0.05, 0) is 69.2 Å². The van der Waals surface area contributed by atoms with Gasteiger partial charge in [-0.25, -0.2) is 0 Å². The summed E-state index contributed by atoms with van der Waals surface area (Å²) in [6.45, 7) is 19.6. The van der Waals surface area contributed by atoms with Gasteiger partial charge in [-0.1, -0.05) is 110 Å². The van der Waals surface area contributed by atoms with E-state index < -0.39 is 0 Å². The first-order valence-electron chi connectivity index (χ1n) is 16.8. The van der Waals surface area contributed by atoms with Gasteiger partial charge in [0.1, 0.15) is 11.9 Å². The molecule has 0 aromatic heterocycles. The van der Waals surface area contributed by atoms with Crippen LogP contribution in [-0.2, 0) is 16.0 Å². The molecule has 6 nitrogen and oxygen atoms in total. The molecule has 0 aliphatic carbocycles. The molecular weight excluding hydrogens is 594 g/mol. The van der Waals surface area contributed by atoms with Crippen molar-refractivity contribution >= 4 is 24.4 Å². The molecule has 2 heterocycles. The lowest BCUT2D eigenvalue weighted by Gasteiger charge is -2.22. The van der Waals surface area contributed by atoms with Gasteiger partial charge in [-0.2, -0.15) is 0 Å². The number of allylic oxidation sites excluding steroid dienone is 6. The third-order valence-electron chi connectivity index (χ3n) is 8.23. The molecule has 1 unspecified atom stereocenters. The van der Waals surface area contributed by atoms with Gasteiger partial charge < -0.3 is 20.3 Å². The lowest BCUT2D eigenvalue weighted by Crippen LogP contribution is -2.42. The average Bonchev–Trinajstić information content (AvgIpc) is 3.48. The Hall–Kier alpha value is -3.35. The van der Waals surface area contributed by atoms with Crippen LogP contribution in [0.1, 0.15) is 78.4 Å². The molecule has 2 aromatic rings. The molecule has 2 amide bonds. The number of nitrogens with one attached hydrogen (secondary N) is 2. The van der Waals surface area contributed by atoms with Crippen LogP contribution in [-0.4, -0.2) is 56.5 Å². The molecular formula is C39H56ClN3O3. The van der Waals surface area contributed by atoms with Crippen molar-refractivity contribution in [3.05, 3.63) is 87.5 Å². The van der Waals surface area contributed by atoms with E-state index >= 15 is 0 Å². The predicted molar refractivity (Wildman–Crippen MR) is 195 cm³/mol.